The van der Waals surface area contributed by atoms with Crippen LogP contribution in [0.25, 0.3) is 0 Å². The number of amides is 1. The van der Waals surface area contributed by atoms with Gasteiger partial charge in [-0.2, -0.15) is 11.8 Å². The summed E-state index contributed by atoms with van der Waals surface area (Å²) in [5.41, 5.74) is 14.6. The summed E-state index contributed by atoms with van der Waals surface area (Å²) in [5.74, 6) is -3.54. The van der Waals surface area contributed by atoms with E-state index in [0.29, 0.717) is 5.56 Å². The van der Waals surface area contributed by atoms with Gasteiger partial charge >= 0.3 is 11.9 Å². The third kappa shape index (κ3) is 6.36. The van der Waals surface area contributed by atoms with Crippen molar-refractivity contribution in [1.29, 1.82) is 0 Å². The molecule has 1 amide bonds. The van der Waals surface area contributed by atoms with E-state index in [1.165, 1.54) is 0 Å². The first kappa shape index (κ1) is 22.2. The zero-order valence-corrected chi connectivity index (χ0v) is 14.3. The largest absolute Gasteiger partial charge is 0.479 e. The minimum Gasteiger partial charge on any atom is -0.479 e. The van der Waals surface area contributed by atoms with Crippen LogP contribution < -0.4 is 17.2 Å². The Labute approximate surface area is 149 Å². The number of ether oxygens (including phenoxy) is 1. The van der Waals surface area contributed by atoms with Crippen molar-refractivity contribution in [2.45, 2.75) is 18.2 Å². The fraction of sp³-hybridized carbons (Fsp3) is 0.357. The van der Waals surface area contributed by atoms with Gasteiger partial charge in [0.05, 0.1) is 6.04 Å². The molecule has 0 aliphatic carbocycles. The van der Waals surface area contributed by atoms with Gasteiger partial charge in [0.25, 0.3) is 0 Å². The quantitative estimate of drug-likeness (QED) is 0.330. The molecule has 2 atom stereocenters. The molecule has 0 bridgehead atoms. The highest BCUT2D eigenvalue weighted by Crippen LogP contribution is 2.15. The van der Waals surface area contributed by atoms with Gasteiger partial charge in [0, 0.05) is 11.5 Å². The van der Waals surface area contributed by atoms with Gasteiger partial charge in [0.15, 0.2) is 0 Å². The number of carboxylic acids is 1. The van der Waals surface area contributed by atoms with Gasteiger partial charge in [-0.1, -0.05) is 30.3 Å². The summed E-state index contributed by atoms with van der Waals surface area (Å²) >= 11 is 0.942. The Balaban J connectivity index is 0.00000529. The summed E-state index contributed by atoms with van der Waals surface area (Å²) in [6, 6.07) is 7.83. The Morgan fingerprint density at radius 3 is 2.33 bits per heavy atom. The number of hydrogen-bond acceptors (Lipinski definition) is 7. The molecule has 1 rings (SSSR count). The Kier molecular flexibility index (Phi) is 9.37. The Morgan fingerprint density at radius 2 is 1.83 bits per heavy atom. The molecule has 1 aromatic rings. The highest BCUT2D eigenvalue weighted by Gasteiger charge is 2.44. The second-order valence-electron chi connectivity index (χ2n) is 4.86. The van der Waals surface area contributed by atoms with Gasteiger partial charge in [-0.15, -0.1) is 12.4 Å². The van der Waals surface area contributed by atoms with Crippen molar-refractivity contribution in [3.05, 3.63) is 35.9 Å². The standard InChI is InChI=1S/C14H19N3O5S.ClH/c15-10(11(16)18)7-23-8-14(17,12(19)20)13(21)22-6-9-4-2-1-3-5-9;/h1-5,10H,6-8,15,17H2,(H2,16,18)(H,19,20);1H. The molecule has 0 spiro atoms. The number of rotatable bonds is 9. The Bertz CT molecular complexity index is 575. The molecular weight excluding hydrogens is 358 g/mol. The third-order valence-electron chi connectivity index (χ3n) is 2.95. The number of nitrogens with two attached hydrogens (primary N) is 3. The SMILES string of the molecule is Cl.NC(=O)C(N)CSCC(N)(C(=O)O)C(=O)OCc1ccccc1. The molecular formula is C14H20ClN3O5S. The zero-order valence-electron chi connectivity index (χ0n) is 12.7. The number of carboxylic acid groups (broad SMARTS) is 1. The van der Waals surface area contributed by atoms with Gasteiger partial charge < -0.3 is 27.0 Å². The highest BCUT2D eigenvalue weighted by molar-refractivity contribution is 7.99. The number of aliphatic carboxylic acids is 1. The van der Waals surface area contributed by atoms with Crippen LogP contribution in [0.15, 0.2) is 30.3 Å². The van der Waals surface area contributed by atoms with E-state index < -0.39 is 29.4 Å². The van der Waals surface area contributed by atoms with E-state index in [2.05, 4.69) is 0 Å². The normalized spacial score (nSPS) is 13.9. The zero-order chi connectivity index (χ0) is 17.5. The predicted octanol–water partition coefficient (Wildman–Crippen LogP) is -0.520. The van der Waals surface area contributed by atoms with E-state index in [-0.39, 0.29) is 30.5 Å². The van der Waals surface area contributed by atoms with Crippen molar-refractivity contribution in [1.82, 2.24) is 0 Å². The van der Waals surface area contributed by atoms with Crippen LogP contribution >= 0.6 is 24.2 Å². The topological polar surface area (TPSA) is 159 Å². The predicted molar refractivity (Wildman–Crippen MR) is 92.5 cm³/mol. The second-order valence-corrected chi connectivity index (χ2v) is 5.89. The average Bonchev–Trinajstić information content (AvgIpc) is 2.52. The fourth-order valence-electron chi connectivity index (χ4n) is 1.49. The number of thioether (sulfide) groups is 1. The van der Waals surface area contributed by atoms with Crippen LogP contribution in [0.2, 0.25) is 0 Å². The first-order chi connectivity index (χ1) is 10.8. The Morgan fingerprint density at radius 1 is 1.25 bits per heavy atom. The lowest BCUT2D eigenvalue weighted by Crippen LogP contribution is -2.58. The Hall–Kier alpha value is -1.81. The van der Waals surface area contributed by atoms with Crippen LogP contribution in [-0.2, 0) is 25.7 Å². The summed E-state index contributed by atoms with van der Waals surface area (Å²) in [7, 11) is 0. The van der Waals surface area contributed by atoms with Gasteiger partial charge in [-0.3, -0.25) is 4.79 Å². The third-order valence-corrected chi connectivity index (χ3v) is 4.21. The summed E-state index contributed by atoms with van der Waals surface area (Å²) in [5, 5.41) is 9.21. The maximum absolute atomic E-state index is 12.0. The molecule has 2 unspecified atom stereocenters. The molecule has 0 aliphatic heterocycles. The van der Waals surface area contributed by atoms with Crippen LogP contribution in [0.5, 0.6) is 0 Å². The van der Waals surface area contributed by atoms with Gasteiger partial charge in [0.1, 0.15) is 6.61 Å². The summed E-state index contributed by atoms with van der Waals surface area (Å²) < 4.78 is 4.98. The summed E-state index contributed by atoms with van der Waals surface area (Å²) in [6.45, 7) is -0.0859. The monoisotopic (exact) mass is 377 g/mol. The number of carbonyl (C=O) groups excluding carboxylic acids is 2. The van der Waals surface area contributed by atoms with Crippen molar-refractivity contribution in [3.63, 3.8) is 0 Å². The molecule has 0 saturated heterocycles. The van der Waals surface area contributed by atoms with Gasteiger partial charge in [0.2, 0.25) is 11.4 Å². The van der Waals surface area contributed by atoms with Crippen molar-refractivity contribution in [2.75, 3.05) is 11.5 Å². The lowest BCUT2D eigenvalue weighted by Gasteiger charge is -2.22. The minimum absolute atomic E-state index is 0. The molecule has 0 heterocycles. The van der Waals surface area contributed by atoms with Crippen molar-refractivity contribution >= 4 is 42.0 Å². The molecule has 0 aliphatic rings. The van der Waals surface area contributed by atoms with E-state index in [1.54, 1.807) is 30.3 Å². The fourth-order valence-corrected chi connectivity index (χ4v) is 2.59. The summed E-state index contributed by atoms with van der Waals surface area (Å²) in [4.78, 5) is 34.2. The van der Waals surface area contributed by atoms with Gasteiger partial charge in [-0.25, -0.2) is 9.59 Å². The van der Waals surface area contributed by atoms with Crippen LogP contribution in [0.3, 0.4) is 0 Å². The van der Waals surface area contributed by atoms with E-state index >= 15 is 0 Å². The van der Waals surface area contributed by atoms with Crippen molar-refractivity contribution < 1.29 is 24.2 Å². The van der Waals surface area contributed by atoms with Gasteiger partial charge in [-0.05, 0) is 5.56 Å². The number of benzene rings is 1. The average molecular weight is 378 g/mol. The minimum atomic E-state index is -2.23. The lowest BCUT2D eigenvalue weighted by molar-refractivity contribution is -0.160. The smallest absolute Gasteiger partial charge is 0.339 e. The number of esters is 1. The highest BCUT2D eigenvalue weighted by atomic mass is 35.5. The van der Waals surface area contributed by atoms with Crippen LogP contribution in [-0.4, -0.2) is 46.0 Å². The maximum Gasteiger partial charge on any atom is 0.339 e. The van der Waals surface area contributed by atoms with E-state index in [1.807, 2.05) is 0 Å². The number of halogens is 1. The number of hydrogen-bond donors (Lipinski definition) is 4. The van der Waals surface area contributed by atoms with Crippen LogP contribution in [0.4, 0.5) is 0 Å². The maximum atomic E-state index is 12.0. The molecule has 0 fully saturated rings. The summed E-state index contributed by atoms with van der Waals surface area (Å²) in [6.07, 6.45) is 0. The van der Waals surface area contributed by atoms with E-state index in [4.69, 9.17) is 21.9 Å². The molecule has 0 radical (unpaired) electrons. The molecule has 8 nitrogen and oxygen atoms in total. The van der Waals surface area contributed by atoms with Crippen LogP contribution in [0, 0.1) is 0 Å². The molecule has 0 saturated carbocycles. The molecule has 24 heavy (non-hydrogen) atoms. The van der Waals surface area contributed by atoms with Crippen LogP contribution in [0.1, 0.15) is 5.56 Å². The number of primary amides is 1. The van der Waals surface area contributed by atoms with Crippen molar-refractivity contribution in [3.8, 4) is 0 Å². The molecule has 7 N–H and O–H groups in total. The molecule has 10 heteroatoms. The lowest BCUT2D eigenvalue weighted by atomic mass is 10.1. The van der Waals surface area contributed by atoms with Crippen molar-refractivity contribution in [2.24, 2.45) is 17.2 Å². The second kappa shape index (κ2) is 10.1. The van der Waals surface area contributed by atoms with E-state index in [0.717, 1.165) is 11.8 Å². The first-order valence-corrected chi connectivity index (χ1v) is 7.79. The number of carbonyl (C=O) groups is 3. The van der Waals surface area contributed by atoms with E-state index in [9.17, 15) is 19.5 Å². The molecule has 0 aromatic heterocycles. The first-order valence-electron chi connectivity index (χ1n) is 6.63. The molecule has 1 aromatic carbocycles. The molecule has 134 valence electrons.